The summed E-state index contributed by atoms with van der Waals surface area (Å²) >= 11 is 3.43. The zero-order valence-corrected chi connectivity index (χ0v) is 16.8. The fourth-order valence-corrected chi connectivity index (χ4v) is 4.21. The molecule has 1 N–H and O–H groups in total. The molecule has 2 aliphatic rings. The Balaban J connectivity index is 1.78. The van der Waals surface area contributed by atoms with E-state index in [-0.39, 0.29) is 18.1 Å². The smallest absolute Gasteiger partial charge is 0.332 e. The number of nitrogens with one attached hydrogen (secondary N) is 1. The average Bonchev–Trinajstić information content (AvgIpc) is 3.13. The Labute approximate surface area is 158 Å². The lowest BCUT2D eigenvalue weighted by molar-refractivity contribution is -0.167. The van der Waals surface area contributed by atoms with E-state index in [0.29, 0.717) is 6.54 Å². The van der Waals surface area contributed by atoms with Gasteiger partial charge < -0.3 is 14.8 Å². The van der Waals surface area contributed by atoms with Gasteiger partial charge in [-0.25, -0.2) is 4.79 Å². The third kappa shape index (κ3) is 4.41. The number of carbonyl (C=O) groups is 1. The number of hydrogen-bond donors (Lipinski definition) is 1. The minimum Gasteiger partial charge on any atom is -0.458 e. The topological polar surface area (TPSA) is 60.5 Å². The van der Waals surface area contributed by atoms with E-state index in [1.165, 1.54) is 12.8 Å². The molecule has 1 saturated carbocycles. The Bertz CT molecular complexity index is 621. The van der Waals surface area contributed by atoms with E-state index in [1.807, 2.05) is 32.9 Å². The molecule has 6 heteroatoms. The molecule has 2 heterocycles. The molecule has 0 radical (unpaired) electrons. The highest BCUT2D eigenvalue weighted by atomic mass is 79.9. The first-order valence-corrected chi connectivity index (χ1v) is 9.74. The molecule has 1 aliphatic carbocycles. The quantitative estimate of drug-likeness (QED) is 0.766. The molecular formula is C19H27BrN2O3. The fraction of sp³-hybridized carbons (Fsp3) is 0.684. The molecule has 138 valence electrons. The lowest BCUT2D eigenvalue weighted by Gasteiger charge is -2.31. The predicted molar refractivity (Wildman–Crippen MR) is 99.2 cm³/mol. The van der Waals surface area contributed by atoms with Gasteiger partial charge in [0.2, 0.25) is 0 Å². The number of carbonyl (C=O) groups excluding carboxylic acids is 1. The van der Waals surface area contributed by atoms with Crippen molar-refractivity contribution in [2.24, 2.45) is 0 Å². The molecule has 1 saturated heterocycles. The van der Waals surface area contributed by atoms with Crippen molar-refractivity contribution in [3.05, 3.63) is 28.5 Å². The Morgan fingerprint density at radius 3 is 2.64 bits per heavy atom. The maximum Gasteiger partial charge on any atom is 0.332 e. The molecule has 1 spiro atoms. The van der Waals surface area contributed by atoms with Crippen LogP contribution in [-0.2, 0) is 19.9 Å². The monoisotopic (exact) mass is 410 g/mol. The maximum absolute atomic E-state index is 12.2. The van der Waals surface area contributed by atoms with Gasteiger partial charge >= 0.3 is 5.97 Å². The lowest BCUT2D eigenvalue weighted by Crippen LogP contribution is -2.37. The number of pyridine rings is 1. The van der Waals surface area contributed by atoms with E-state index in [4.69, 9.17) is 9.47 Å². The molecule has 1 atom stereocenters. The van der Waals surface area contributed by atoms with Crippen LogP contribution in [0.4, 0.5) is 0 Å². The third-order valence-corrected chi connectivity index (χ3v) is 5.48. The number of rotatable bonds is 4. The van der Waals surface area contributed by atoms with Gasteiger partial charge in [-0.05, 0) is 61.7 Å². The maximum atomic E-state index is 12.2. The normalized spacial score (nSPS) is 25.4. The van der Waals surface area contributed by atoms with Gasteiger partial charge in [-0.1, -0.05) is 12.8 Å². The summed E-state index contributed by atoms with van der Waals surface area (Å²) in [6, 6.07) is 3.95. The van der Waals surface area contributed by atoms with Crippen molar-refractivity contribution < 1.29 is 14.3 Å². The Hall–Kier alpha value is -0.980. The van der Waals surface area contributed by atoms with Crippen molar-refractivity contribution in [3.63, 3.8) is 0 Å². The highest BCUT2D eigenvalue weighted by molar-refractivity contribution is 9.10. The summed E-state index contributed by atoms with van der Waals surface area (Å²) in [6.07, 6.45) is 7.42. The van der Waals surface area contributed by atoms with Crippen LogP contribution in [0.15, 0.2) is 22.8 Å². The second-order valence-corrected chi connectivity index (χ2v) is 9.16. The van der Waals surface area contributed by atoms with E-state index in [9.17, 15) is 4.79 Å². The first-order chi connectivity index (χ1) is 11.7. The fourth-order valence-electron chi connectivity index (χ4n) is 3.98. The molecule has 1 aliphatic heterocycles. The van der Waals surface area contributed by atoms with Crippen molar-refractivity contribution in [2.45, 2.75) is 69.6 Å². The number of hydrogen-bond acceptors (Lipinski definition) is 5. The molecule has 3 rings (SSSR count). The van der Waals surface area contributed by atoms with Crippen LogP contribution in [-0.4, -0.2) is 35.2 Å². The molecule has 5 nitrogen and oxygen atoms in total. The summed E-state index contributed by atoms with van der Waals surface area (Å²) in [7, 11) is 0. The Kier molecular flexibility index (Phi) is 5.24. The molecule has 1 unspecified atom stereocenters. The molecule has 0 aromatic carbocycles. The van der Waals surface area contributed by atoms with Crippen molar-refractivity contribution >= 4 is 21.9 Å². The molecule has 1 aromatic rings. The number of nitrogens with zero attached hydrogens (tertiary/aromatic N) is 1. The minimum absolute atomic E-state index is 0.0627. The van der Waals surface area contributed by atoms with Crippen LogP contribution in [0.1, 0.15) is 58.6 Å². The predicted octanol–water partition coefficient (Wildman–Crippen LogP) is 3.70. The highest BCUT2D eigenvalue weighted by Crippen LogP contribution is 2.46. The van der Waals surface area contributed by atoms with Gasteiger partial charge in [0.15, 0.2) is 0 Å². The summed E-state index contributed by atoms with van der Waals surface area (Å²) in [5.41, 5.74) is -0.107. The van der Waals surface area contributed by atoms with Crippen LogP contribution in [0.3, 0.4) is 0 Å². The van der Waals surface area contributed by atoms with Crippen LogP contribution in [0.2, 0.25) is 0 Å². The van der Waals surface area contributed by atoms with Crippen molar-refractivity contribution in [3.8, 4) is 0 Å². The summed E-state index contributed by atoms with van der Waals surface area (Å²) in [6.45, 7) is 6.20. The van der Waals surface area contributed by atoms with Gasteiger partial charge in [0.25, 0.3) is 0 Å². The van der Waals surface area contributed by atoms with E-state index < -0.39 is 11.2 Å². The standard InChI is InChI=1S/C19H27BrN2O3/c1-17(2,3)25-16(23)11-24-19(15-7-6-14(20)10-21-15)12-18(22-13-19)8-4-5-9-18/h6-7,10,22H,4-5,8-9,11-13H2,1-3H3. The molecule has 2 fully saturated rings. The van der Waals surface area contributed by atoms with E-state index >= 15 is 0 Å². The average molecular weight is 411 g/mol. The molecular weight excluding hydrogens is 384 g/mol. The Morgan fingerprint density at radius 1 is 1.32 bits per heavy atom. The Morgan fingerprint density at radius 2 is 2.04 bits per heavy atom. The second-order valence-electron chi connectivity index (χ2n) is 8.25. The third-order valence-electron chi connectivity index (χ3n) is 5.01. The van der Waals surface area contributed by atoms with Gasteiger partial charge in [-0.3, -0.25) is 4.98 Å². The molecule has 0 bridgehead atoms. The van der Waals surface area contributed by atoms with Crippen molar-refractivity contribution in [1.29, 1.82) is 0 Å². The minimum atomic E-state index is -0.581. The second kappa shape index (κ2) is 6.97. The first kappa shape index (κ1) is 18.8. The number of ether oxygens (including phenoxy) is 2. The van der Waals surface area contributed by atoms with E-state index in [2.05, 4.69) is 26.2 Å². The summed E-state index contributed by atoms with van der Waals surface area (Å²) < 4.78 is 12.5. The van der Waals surface area contributed by atoms with Gasteiger partial charge in [-0.15, -0.1) is 0 Å². The largest absolute Gasteiger partial charge is 0.458 e. The lowest BCUT2D eigenvalue weighted by atomic mass is 9.86. The van der Waals surface area contributed by atoms with Crippen molar-refractivity contribution in [2.75, 3.05) is 13.2 Å². The van der Waals surface area contributed by atoms with Crippen LogP contribution in [0.5, 0.6) is 0 Å². The van der Waals surface area contributed by atoms with Gasteiger partial charge in [0.1, 0.15) is 17.8 Å². The zero-order chi connectivity index (χ0) is 18.1. The molecule has 0 amide bonds. The van der Waals surface area contributed by atoms with Gasteiger partial charge in [0, 0.05) is 29.2 Å². The summed E-state index contributed by atoms with van der Waals surface area (Å²) in [5.74, 6) is -0.337. The molecule has 25 heavy (non-hydrogen) atoms. The summed E-state index contributed by atoms with van der Waals surface area (Å²) in [5, 5.41) is 3.68. The van der Waals surface area contributed by atoms with Gasteiger partial charge in [-0.2, -0.15) is 0 Å². The highest BCUT2D eigenvalue weighted by Gasteiger charge is 2.51. The number of aromatic nitrogens is 1. The molecule has 1 aromatic heterocycles. The SMILES string of the molecule is CC(C)(C)OC(=O)COC1(c2ccc(Br)cn2)CNC2(CCCC2)C1. The van der Waals surface area contributed by atoms with Gasteiger partial charge in [0.05, 0.1) is 5.69 Å². The number of halogens is 1. The van der Waals surface area contributed by atoms with Crippen LogP contribution < -0.4 is 5.32 Å². The van der Waals surface area contributed by atoms with Crippen molar-refractivity contribution in [1.82, 2.24) is 10.3 Å². The first-order valence-electron chi connectivity index (χ1n) is 8.95. The summed E-state index contributed by atoms with van der Waals surface area (Å²) in [4.78, 5) is 16.7. The van der Waals surface area contributed by atoms with E-state index in [0.717, 1.165) is 29.4 Å². The zero-order valence-electron chi connectivity index (χ0n) is 15.2. The van der Waals surface area contributed by atoms with Crippen LogP contribution in [0.25, 0.3) is 0 Å². The van der Waals surface area contributed by atoms with Crippen LogP contribution >= 0.6 is 15.9 Å². The van der Waals surface area contributed by atoms with Crippen LogP contribution in [0, 0.1) is 0 Å². The number of esters is 1. The van der Waals surface area contributed by atoms with E-state index in [1.54, 1.807) is 6.20 Å².